The summed E-state index contributed by atoms with van der Waals surface area (Å²) in [7, 11) is 0. The van der Waals surface area contributed by atoms with Gasteiger partial charge < -0.3 is 15.8 Å². The first kappa shape index (κ1) is 17.5. The molecule has 1 amide bonds. The summed E-state index contributed by atoms with van der Waals surface area (Å²) in [5.74, 6) is 0.659. The molecule has 1 rings (SSSR count). The molecule has 0 bridgehead atoms. The maximum Gasteiger partial charge on any atom is 0.260 e. The Hall–Kier alpha value is -1.55. The Morgan fingerprint density at radius 2 is 1.90 bits per heavy atom. The van der Waals surface area contributed by atoms with Gasteiger partial charge in [-0.15, -0.1) is 0 Å². The van der Waals surface area contributed by atoms with Crippen LogP contribution in [0.1, 0.15) is 46.1 Å². The summed E-state index contributed by atoms with van der Waals surface area (Å²) in [4.78, 5) is 12.0. The number of carbonyl (C=O) groups excluding carboxylic acids is 1. The molecule has 118 valence electrons. The lowest BCUT2D eigenvalue weighted by Crippen LogP contribution is -2.41. The molecule has 0 aliphatic carbocycles. The molecular formula is C17H28N2O2. The van der Waals surface area contributed by atoms with Crippen molar-refractivity contribution >= 4 is 5.91 Å². The van der Waals surface area contributed by atoms with Gasteiger partial charge in [0.05, 0.1) is 0 Å². The number of benzene rings is 1. The van der Waals surface area contributed by atoms with Crippen molar-refractivity contribution in [1.29, 1.82) is 0 Å². The van der Waals surface area contributed by atoms with Crippen LogP contribution in [0.5, 0.6) is 5.75 Å². The molecule has 0 fully saturated rings. The summed E-state index contributed by atoms with van der Waals surface area (Å²) in [5, 5.41) is 2.93. The van der Waals surface area contributed by atoms with Crippen LogP contribution in [0.2, 0.25) is 0 Å². The van der Waals surface area contributed by atoms with E-state index in [-0.39, 0.29) is 18.0 Å². The molecule has 21 heavy (non-hydrogen) atoms. The molecule has 0 spiro atoms. The first-order valence-electron chi connectivity index (χ1n) is 7.78. The third-order valence-electron chi connectivity index (χ3n) is 3.65. The molecule has 1 aromatic rings. The van der Waals surface area contributed by atoms with Gasteiger partial charge in [0.2, 0.25) is 0 Å². The van der Waals surface area contributed by atoms with E-state index in [1.54, 1.807) is 6.92 Å². The van der Waals surface area contributed by atoms with Gasteiger partial charge in [0.15, 0.2) is 6.10 Å². The number of nitrogens with one attached hydrogen (secondary N) is 1. The molecule has 1 aromatic carbocycles. The van der Waals surface area contributed by atoms with Crippen LogP contribution in [0.25, 0.3) is 0 Å². The van der Waals surface area contributed by atoms with E-state index in [0.29, 0.717) is 0 Å². The van der Waals surface area contributed by atoms with Crippen LogP contribution in [0.15, 0.2) is 24.3 Å². The van der Waals surface area contributed by atoms with Crippen LogP contribution >= 0.6 is 0 Å². The Kier molecular flexibility index (Phi) is 7.23. The zero-order valence-corrected chi connectivity index (χ0v) is 13.6. The first-order valence-corrected chi connectivity index (χ1v) is 7.78. The van der Waals surface area contributed by atoms with Gasteiger partial charge in [0.25, 0.3) is 5.91 Å². The second-order valence-corrected chi connectivity index (χ2v) is 5.56. The third-order valence-corrected chi connectivity index (χ3v) is 3.65. The van der Waals surface area contributed by atoms with Gasteiger partial charge in [-0.1, -0.05) is 32.0 Å². The highest BCUT2D eigenvalue weighted by Crippen LogP contribution is 2.21. The predicted molar refractivity (Wildman–Crippen MR) is 86.4 cm³/mol. The zero-order valence-electron chi connectivity index (χ0n) is 13.6. The lowest BCUT2D eigenvalue weighted by molar-refractivity contribution is -0.127. The Balaban J connectivity index is 2.71. The molecule has 0 radical (unpaired) electrons. The largest absolute Gasteiger partial charge is 0.481 e. The van der Waals surface area contributed by atoms with E-state index in [9.17, 15) is 4.79 Å². The fourth-order valence-corrected chi connectivity index (χ4v) is 1.92. The minimum atomic E-state index is -0.516. The number of amides is 1. The van der Waals surface area contributed by atoms with Crippen molar-refractivity contribution in [3.63, 3.8) is 0 Å². The number of nitrogens with two attached hydrogens (primary N) is 1. The number of rotatable bonds is 8. The van der Waals surface area contributed by atoms with Gasteiger partial charge in [0.1, 0.15) is 5.75 Å². The average Bonchev–Trinajstić information content (AvgIpc) is 2.48. The highest BCUT2D eigenvalue weighted by atomic mass is 16.5. The molecule has 0 saturated heterocycles. The molecule has 3 atom stereocenters. The number of hydrogen-bond acceptors (Lipinski definition) is 3. The number of hydrogen-bond donors (Lipinski definition) is 2. The lowest BCUT2D eigenvalue weighted by Gasteiger charge is -2.20. The summed E-state index contributed by atoms with van der Waals surface area (Å²) >= 11 is 0. The standard InChI is InChI=1S/C17H28N2O2/c1-5-12(3)19-17(20)13(4)21-16-10-8-7-9-14(16)11-15(18)6-2/h7-10,12-13,15H,5-6,11,18H2,1-4H3,(H,19,20). The van der Waals surface area contributed by atoms with Gasteiger partial charge in [0, 0.05) is 12.1 Å². The second kappa shape index (κ2) is 8.67. The Bertz CT molecular complexity index is 448. The molecule has 0 heterocycles. The summed E-state index contributed by atoms with van der Waals surface area (Å²) in [5.41, 5.74) is 7.06. The quantitative estimate of drug-likeness (QED) is 0.774. The fraction of sp³-hybridized carbons (Fsp3) is 0.588. The number of carbonyl (C=O) groups is 1. The maximum absolute atomic E-state index is 12.0. The summed E-state index contributed by atoms with van der Waals surface area (Å²) < 4.78 is 5.83. The van der Waals surface area contributed by atoms with Crippen molar-refractivity contribution in [2.45, 2.75) is 65.1 Å². The fourth-order valence-electron chi connectivity index (χ4n) is 1.92. The van der Waals surface area contributed by atoms with Gasteiger partial charge in [-0.05, 0) is 44.7 Å². The van der Waals surface area contributed by atoms with Crippen molar-refractivity contribution in [3.8, 4) is 5.75 Å². The number of para-hydroxylation sites is 1. The van der Waals surface area contributed by atoms with Gasteiger partial charge in [-0.25, -0.2) is 0 Å². The summed E-state index contributed by atoms with van der Waals surface area (Å²) in [6.07, 6.45) is 2.06. The zero-order chi connectivity index (χ0) is 15.8. The van der Waals surface area contributed by atoms with E-state index in [1.165, 1.54) is 0 Å². The smallest absolute Gasteiger partial charge is 0.260 e. The van der Waals surface area contributed by atoms with E-state index >= 15 is 0 Å². The third kappa shape index (κ3) is 5.76. The molecule has 0 saturated carbocycles. The maximum atomic E-state index is 12.0. The minimum Gasteiger partial charge on any atom is -0.481 e. The van der Waals surface area contributed by atoms with E-state index in [2.05, 4.69) is 12.2 Å². The van der Waals surface area contributed by atoms with Crippen LogP contribution in [0.3, 0.4) is 0 Å². The van der Waals surface area contributed by atoms with Crippen LogP contribution in [-0.4, -0.2) is 24.1 Å². The lowest BCUT2D eigenvalue weighted by atomic mass is 10.0. The van der Waals surface area contributed by atoms with Crippen molar-refractivity contribution in [1.82, 2.24) is 5.32 Å². The highest BCUT2D eigenvalue weighted by molar-refractivity contribution is 5.81. The number of ether oxygens (including phenoxy) is 1. The normalized spacial score (nSPS) is 15.1. The molecular weight excluding hydrogens is 264 g/mol. The average molecular weight is 292 g/mol. The second-order valence-electron chi connectivity index (χ2n) is 5.56. The van der Waals surface area contributed by atoms with Crippen LogP contribution in [-0.2, 0) is 11.2 Å². The molecule has 3 unspecified atom stereocenters. The SMILES string of the molecule is CCC(N)Cc1ccccc1OC(C)C(=O)NC(C)CC. The summed E-state index contributed by atoms with van der Waals surface area (Å²) in [6, 6.07) is 8.05. The van der Waals surface area contributed by atoms with Crippen LogP contribution < -0.4 is 15.8 Å². The van der Waals surface area contributed by atoms with Crippen LogP contribution in [0, 0.1) is 0 Å². The van der Waals surface area contributed by atoms with Crippen molar-refractivity contribution in [2.24, 2.45) is 5.73 Å². The minimum absolute atomic E-state index is 0.0843. The highest BCUT2D eigenvalue weighted by Gasteiger charge is 2.18. The van der Waals surface area contributed by atoms with Crippen molar-refractivity contribution in [2.75, 3.05) is 0 Å². The predicted octanol–water partition coefficient (Wildman–Crippen LogP) is 2.65. The molecule has 4 nitrogen and oxygen atoms in total. The molecule has 4 heteroatoms. The Morgan fingerprint density at radius 1 is 1.24 bits per heavy atom. The Labute approximate surface area is 128 Å². The van der Waals surface area contributed by atoms with E-state index in [4.69, 9.17) is 10.5 Å². The summed E-state index contributed by atoms with van der Waals surface area (Å²) in [6.45, 7) is 7.86. The van der Waals surface area contributed by atoms with Crippen LogP contribution in [0.4, 0.5) is 0 Å². The monoisotopic (exact) mass is 292 g/mol. The molecule has 3 N–H and O–H groups in total. The van der Waals surface area contributed by atoms with Gasteiger partial charge >= 0.3 is 0 Å². The van der Waals surface area contributed by atoms with Gasteiger partial charge in [-0.2, -0.15) is 0 Å². The molecule has 0 aromatic heterocycles. The van der Waals surface area contributed by atoms with Crippen molar-refractivity contribution < 1.29 is 9.53 Å². The van der Waals surface area contributed by atoms with E-state index < -0.39 is 6.10 Å². The first-order chi connectivity index (χ1) is 9.97. The van der Waals surface area contributed by atoms with Crippen molar-refractivity contribution in [3.05, 3.63) is 29.8 Å². The topological polar surface area (TPSA) is 64.3 Å². The molecule has 0 aliphatic heterocycles. The van der Waals surface area contributed by atoms with E-state index in [1.807, 2.05) is 38.1 Å². The Morgan fingerprint density at radius 3 is 2.52 bits per heavy atom. The van der Waals surface area contributed by atoms with E-state index in [0.717, 1.165) is 30.6 Å². The molecule has 0 aliphatic rings. The van der Waals surface area contributed by atoms with Gasteiger partial charge in [-0.3, -0.25) is 4.79 Å².